The Balaban J connectivity index is 1.74. The van der Waals surface area contributed by atoms with Gasteiger partial charge in [0.1, 0.15) is 0 Å². The summed E-state index contributed by atoms with van der Waals surface area (Å²) >= 11 is 0. The number of ether oxygens (including phenoxy) is 1. The molecule has 1 amide bonds. The van der Waals surface area contributed by atoms with Crippen molar-refractivity contribution in [3.63, 3.8) is 0 Å². The SMILES string of the molecule is CC1CN(c2c(CO)cc3c(C(=O)N4CC(F)(F)C4)noc3c2F)CC(C)O1. The van der Waals surface area contributed by atoms with E-state index in [2.05, 4.69) is 5.16 Å². The second-order valence-corrected chi connectivity index (χ2v) is 7.44. The van der Waals surface area contributed by atoms with E-state index >= 15 is 4.39 Å². The smallest absolute Gasteiger partial charge is 0.282 e. The van der Waals surface area contributed by atoms with Crippen LogP contribution in [0.5, 0.6) is 0 Å². The number of benzene rings is 1. The fourth-order valence-electron chi connectivity index (χ4n) is 3.86. The number of fused-ring (bicyclic) bond motifs is 1. The van der Waals surface area contributed by atoms with Gasteiger partial charge in [-0.1, -0.05) is 5.16 Å². The number of nitrogens with zero attached hydrogens (tertiary/aromatic N) is 3. The summed E-state index contributed by atoms with van der Waals surface area (Å²) in [6.07, 6.45) is -0.268. The molecule has 4 rings (SSSR count). The molecule has 2 aliphatic heterocycles. The summed E-state index contributed by atoms with van der Waals surface area (Å²) in [6, 6.07) is 1.43. The fraction of sp³-hybridized carbons (Fsp3) is 0.556. The van der Waals surface area contributed by atoms with E-state index < -0.39 is 37.3 Å². The van der Waals surface area contributed by atoms with Crippen LogP contribution in [0.25, 0.3) is 11.0 Å². The van der Waals surface area contributed by atoms with Crippen LogP contribution in [0.1, 0.15) is 29.9 Å². The molecular weight excluding hydrogens is 379 g/mol. The molecule has 10 heteroatoms. The Morgan fingerprint density at radius 3 is 2.54 bits per heavy atom. The molecule has 7 nitrogen and oxygen atoms in total. The van der Waals surface area contributed by atoms with Crippen molar-refractivity contribution in [3.8, 4) is 0 Å². The van der Waals surface area contributed by atoms with Crippen LogP contribution in [0.15, 0.2) is 10.6 Å². The predicted octanol–water partition coefficient (Wildman–Crippen LogP) is 2.16. The molecule has 2 aromatic rings. The normalized spacial score (nSPS) is 24.5. The van der Waals surface area contributed by atoms with E-state index in [1.54, 1.807) is 4.90 Å². The molecule has 1 aromatic carbocycles. The zero-order chi connectivity index (χ0) is 20.2. The summed E-state index contributed by atoms with van der Waals surface area (Å²) in [4.78, 5) is 15.1. The lowest BCUT2D eigenvalue weighted by atomic mass is 10.0. The number of amides is 1. The number of alkyl halides is 2. The summed E-state index contributed by atoms with van der Waals surface area (Å²) in [6.45, 7) is 2.68. The molecule has 28 heavy (non-hydrogen) atoms. The summed E-state index contributed by atoms with van der Waals surface area (Å²) < 4.78 is 52.1. The first kappa shape index (κ1) is 19.0. The van der Waals surface area contributed by atoms with Gasteiger partial charge in [0.15, 0.2) is 11.5 Å². The van der Waals surface area contributed by atoms with E-state index in [0.29, 0.717) is 13.1 Å². The van der Waals surface area contributed by atoms with Crippen molar-refractivity contribution in [2.45, 2.75) is 38.6 Å². The number of hydrogen-bond donors (Lipinski definition) is 1. The zero-order valence-corrected chi connectivity index (χ0v) is 15.4. The standard InChI is InChI=1S/C18H20F3N3O4/c1-9-4-23(5-10(2)27-9)15-11(6-25)3-12-14(22-28-16(12)13(15)19)17(26)24-7-18(20,21)8-24/h3,9-10,25H,4-8H2,1-2H3. The van der Waals surface area contributed by atoms with E-state index in [4.69, 9.17) is 9.26 Å². The average molecular weight is 399 g/mol. The molecule has 2 aliphatic rings. The molecular formula is C18H20F3N3O4. The first-order valence-electron chi connectivity index (χ1n) is 8.99. The van der Waals surface area contributed by atoms with Gasteiger partial charge in [0.05, 0.1) is 43.0 Å². The van der Waals surface area contributed by atoms with Crippen molar-refractivity contribution in [2.75, 3.05) is 31.1 Å². The minimum absolute atomic E-state index is 0.0554. The minimum Gasteiger partial charge on any atom is -0.392 e. The van der Waals surface area contributed by atoms with E-state index in [1.807, 2.05) is 13.8 Å². The number of carbonyl (C=O) groups excluding carboxylic acids is 1. The number of rotatable bonds is 3. The molecule has 2 atom stereocenters. The van der Waals surface area contributed by atoms with Gasteiger partial charge in [-0.25, -0.2) is 13.2 Å². The lowest BCUT2D eigenvalue weighted by Crippen LogP contribution is -2.58. The number of aliphatic hydroxyl groups is 1. The topological polar surface area (TPSA) is 79.0 Å². The van der Waals surface area contributed by atoms with Crippen molar-refractivity contribution >= 4 is 22.6 Å². The van der Waals surface area contributed by atoms with Gasteiger partial charge >= 0.3 is 0 Å². The fourth-order valence-corrected chi connectivity index (χ4v) is 3.86. The highest BCUT2D eigenvalue weighted by Gasteiger charge is 2.47. The van der Waals surface area contributed by atoms with Crippen molar-refractivity contribution < 1.29 is 32.3 Å². The number of halogens is 3. The van der Waals surface area contributed by atoms with Gasteiger partial charge in [0.2, 0.25) is 5.58 Å². The van der Waals surface area contributed by atoms with Gasteiger partial charge in [-0.2, -0.15) is 0 Å². The Bertz CT molecular complexity index is 914. The third-order valence-corrected chi connectivity index (χ3v) is 5.00. The zero-order valence-electron chi connectivity index (χ0n) is 15.4. The van der Waals surface area contributed by atoms with Crippen molar-refractivity contribution in [1.82, 2.24) is 10.1 Å². The second kappa shape index (κ2) is 6.63. The number of aromatic nitrogens is 1. The first-order valence-corrected chi connectivity index (χ1v) is 8.99. The van der Waals surface area contributed by atoms with Crippen molar-refractivity contribution in [2.24, 2.45) is 0 Å². The van der Waals surface area contributed by atoms with E-state index in [1.165, 1.54) is 6.07 Å². The highest BCUT2D eigenvalue weighted by molar-refractivity contribution is 6.05. The van der Waals surface area contributed by atoms with Gasteiger partial charge in [-0.05, 0) is 19.9 Å². The summed E-state index contributed by atoms with van der Waals surface area (Å²) in [5, 5.41) is 13.5. The molecule has 0 saturated carbocycles. The van der Waals surface area contributed by atoms with Crippen LogP contribution in [-0.4, -0.2) is 65.4 Å². The maximum Gasteiger partial charge on any atom is 0.282 e. The van der Waals surface area contributed by atoms with E-state index in [0.717, 1.165) is 4.90 Å². The lowest BCUT2D eigenvalue weighted by molar-refractivity contribution is -0.113. The molecule has 1 aromatic heterocycles. The van der Waals surface area contributed by atoms with Crippen molar-refractivity contribution in [1.29, 1.82) is 0 Å². The summed E-state index contributed by atoms with van der Waals surface area (Å²) in [5.41, 5.74) is -0.0517. The number of anilines is 1. The number of hydrogen-bond acceptors (Lipinski definition) is 6. The number of carbonyl (C=O) groups is 1. The van der Waals surface area contributed by atoms with Crippen LogP contribution in [0.3, 0.4) is 0 Å². The van der Waals surface area contributed by atoms with E-state index in [-0.39, 0.29) is 40.1 Å². The Morgan fingerprint density at radius 1 is 1.32 bits per heavy atom. The minimum atomic E-state index is -2.92. The van der Waals surface area contributed by atoms with Crippen molar-refractivity contribution in [3.05, 3.63) is 23.1 Å². The predicted molar refractivity (Wildman–Crippen MR) is 93.0 cm³/mol. The van der Waals surface area contributed by atoms with Crippen LogP contribution in [-0.2, 0) is 11.3 Å². The summed E-state index contributed by atoms with van der Waals surface area (Å²) in [7, 11) is 0. The maximum absolute atomic E-state index is 15.3. The largest absolute Gasteiger partial charge is 0.392 e. The Hall–Kier alpha value is -2.33. The highest BCUT2D eigenvalue weighted by atomic mass is 19.3. The maximum atomic E-state index is 15.3. The van der Waals surface area contributed by atoms with Crippen LogP contribution < -0.4 is 4.90 Å². The van der Waals surface area contributed by atoms with Gasteiger partial charge in [-0.15, -0.1) is 0 Å². The molecule has 2 unspecified atom stereocenters. The molecule has 0 spiro atoms. The number of morpholine rings is 1. The molecule has 0 aliphatic carbocycles. The molecule has 2 saturated heterocycles. The molecule has 1 N–H and O–H groups in total. The van der Waals surface area contributed by atoms with Crippen LogP contribution in [0, 0.1) is 5.82 Å². The van der Waals surface area contributed by atoms with Crippen LogP contribution in [0.4, 0.5) is 18.9 Å². The van der Waals surface area contributed by atoms with Crippen LogP contribution >= 0.6 is 0 Å². The quantitative estimate of drug-likeness (QED) is 0.852. The molecule has 3 heterocycles. The molecule has 152 valence electrons. The van der Waals surface area contributed by atoms with Gasteiger partial charge < -0.3 is 24.2 Å². The third kappa shape index (κ3) is 3.10. The lowest BCUT2D eigenvalue weighted by Gasteiger charge is -2.38. The molecule has 2 fully saturated rings. The van der Waals surface area contributed by atoms with Gasteiger partial charge in [-0.3, -0.25) is 4.79 Å². The third-order valence-electron chi connectivity index (χ3n) is 5.00. The van der Waals surface area contributed by atoms with Crippen LogP contribution in [0.2, 0.25) is 0 Å². The number of aliphatic hydroxyl groups excluding tert-OH is 1. The second-order valence-electron chi connectivity index (χ2n) is 7.44. The van der Waals surface area contributed by atoms with Gasteiger partial charge in [0.25, 0.3) is 11.8 Å². The highest BCUT2D eigenvalue weighted by Crippen LogP contribution is 2.36. The Labute approximate surface area is 158 Å². The first-order chi connectivity index (χ1) is 13.2. The van der Waals surface area contributed by atoms with E-state index in [9.17, 15) is 18.7 Å². The Morgan fingerprint density at radius 2 is 1.96 bits per heavy atom. The Kier molecular flexibility index (Phi) is 4.50. The molecule has 0 radical (unpaired) electrons. The monoisotopic (exact) mass is 399 g/mol. The molecule has 0 bridgehead atoms. The summed E-state index contributed by atoms with van der Waals surface area (Å²) in [5.74, 6) is -4.43. The number of likely N-dealkylation sites (tertiary alicyclic amines) is 1. The van der Waals surface area contributed by atoms with Gasteiger partial charge in [0, 0.05) is 18.7 Å². The average Bonchev–Trinajstić information content (AvgIpc) is 3.02.